The molecule has 1 aromatic carbocycles. The fraction of sp³-hybridized carbons (Fsp3) is 0.533. The van der Waals surface area contributed by atoms with Crippen molar-refractivity contribution in [1.82, 2.24) is 5.43 Å². The third kappa shape index (κ3) is 4.24. The van der Waals surface area contributed by atoms with Gasteiger partial charge in [0.15, 0.2) is 0 Å². The summed E-state index contributed by atoms with van der Waals surface area (Å²) in [6, 6.07) is 6.42. The van der Waals surface area contributed by atoms with Gasteiger partial charge in [-0.2, -0.15) is 0 Å². The molecule has 0 aliphatic heterocycles. The number of hydrazine groups is 1. The summed E-state index contributed by atoms with van der Waals surface area (Å²) in [7, 11) is 0. The molecule has 4 heteroatoms. The molecule has 0 saturated carbocycles. The number of carbonyl (C=O) groups is 1. The number of rotatable bonds is 7. The van der Waals surface area contributed by atoms with Crippen molar-refractivity contribution in [2.24, 2.45) is 5.84 Å². The highest BCUT2D eigenvalue weighted by molar-refractivity contribution is 5.75. The Bertz CT molecular complexity index is 432. The first kappa shape index (κ1) is 13.9. The molecular formula is C15H22N2O2. The summed E-state index contributed by atoms with van der Waals surface area (Å²) in [5, 5.41) is 0. The van der Waals surface area contributed by atoms with E-state index in [0.717, 1.165) is 25.0 Å². The zero-order valence-corrected chi connectivity index (χ0v) is 11.3. The van der Waals surface area contributed by atoms with E-state index in [1.165, 1.54) is 30.4 Å². The van der Waals surface area contributed by atoms with E-state index in [4.69, 9.17) is 10.6 Å². The van der Waals surface area contributed by atoms with Crippen molar-refractivity contribution in [2.45, 2.75) is 44.9 Å². The number of nitrogens with one attached hydrogen (secondary N) is 1. The van der Waals surface area contributed by atoms with E-state index in [-0.39, 0.29) is 5.91 Å². The monoisotopic (exact) mass is 262 g/mol. The van der Waals surface area contributed by atoms with Crippen molar-refractivity contribution < 1.29 is 9.53 Å². The van der Waals surface area contributed by atoms with Gasteiger partial charge in [-0.25, -0.2) is 5.84 Å². The zero-order valence-electron chi connectivity index (χ0n) is 11.3. The van der Waals surface area contributed by atoms with E-state index in [2.05, 4.69) is 23.6 Å². The largest absolute Gasteiger partial charge is 0.494 e. The van der Waals surface area contributed by atoms with Gasteiger partial charge in [0.2, 0.25) is 5.91 Å². The zero-order chi connectivity index (χ0) is 13.5. The second kappa shape index (κ2) is 7.14. The maximum absolute atomic E-state index is 10.9. The van der Waals surface area contributed by atoms with Crippen LogP contribution in [0.3, 0.4) is 0 Å². The van der Waals surface area contributed by atoms with Crippen molar-refractivity contribution in [1.29, 1.82) is 0 Å². The molecular weight excluding hydrogens is 240 g/mol. The number of fused-ring (bicyclic) bond motifs is 1. The van der Waals surface area contributed by atoms with Gasteiger partial charge in [0, 0.05) is 6.42 Å². The van der Waals surface area contributed by atoms with Crippen LogP contribution in [0.15, 0.2) is 18.2 Å². The highest BCUT2D eigenvalue weighted by atomic mass is 16.5. The predicted octanol–water partition coefficient (Wildman–Crippen LogP) is 2.10. The third-order valence-electron chi connectivity index (χ3n) is 3.55. The van der Waals surface area contributed by atoms with Crippen LogP contribution in [0.5, 0.6) is 5.75 Å². The van der Waals surface area contributed by atoms with Crippen LogP contribution in [0.4, 0.5) is 0 Å². The third-order valence-corrected chi connectivity index (χ3v) is 3.55. The molecule has 0 atom stereocenters. The van der Waals surface area contributed by atoms with Gasteiger partial charge in [-0.1, -0.05) is 6.07 Å². The number of aryl methyl sites for hydroxylation is 2. The SMILES string of the molecule is NNC(=O)CCCCCOc1ccc2c(c1)CCC2. The number of benzene rings is 1. The van der Waals surface area contributed by atoms with E-state index in [1.807, 2.05) is 0 Å². The molecule has 0 unspecified atom stereocenters. The van der Waals surface area contributed by atoms with Crippen molar-refractivity contribution in [3.8, 4) is 5.75 Å². The molecule has 104 valence electrons. The van der Waals surface area contributed by atoms with Crippen LogP contribution >= 0.6 is 0 Å². The van der Waals surface area contributed by atoms with Gasteiger partial charge >= 0.3 is 0 Å². The normalized spacial score (nSPS) is 13.1. The lowest BCUT2D eigenvalue weighted by Crippen LogP contribution is -2.29. The Hall–Kier alpha value is -1.55. The van der Waals surface area contributed by atoms with E-state index in [9.17, 15) is 4.79 Å². The summed E-state index contributed by atoms with van der Waals surface area (Å²) < 4.78 is 5.74. The molecule has 0 spiro atoms. The predicted molar refractivity (Wildman–Crippen MR) is 74.8 cm³/mol. The molecule has 4 nitrogen and oxygen atoms in total. The van der Waals surface area contributed by atoms with Crippen LogP contribution in [0.2, 0.25) is 0 Å². The minimum absolute atomic E-state index is 0.0976. The lowest BCUT2D eigenvalue weighted by Gasteiger charge is -2.08. The molecule has 1 aromatic rings. The maximum Gasteiger partial charge on any atom is 0.233 e. The lowest BCUT2D eigenvalue weighted by atomic mass is 10.1. The molecule has 0 fully saturated rings. The summed E-state index contributed by atoms with van der Waals surface area (Å²) >= 11 is 0. The molecule has 19 heavy (non-hydrogen) atoms. The van der Waals surface area contributed by atoms with E-state index < -0.39 is 0 Å². The minimum Gasteiger partial charge on any atom is -0.494 e. The summed E-state index contributed by atoms with van der Waals surface area (Å²) in [4.78, 5) is 10.9. The molecule has 1 amide bonds. The molecule has 2 rings (SSSR count). The number of carbonyl (C=O) groups excluding carboxylic acids is 1. The van der Waals surface area contributed by atoms with Gasteiger partial charge in [0.1, 0.15) is 5.75 Å². The summed E-state index contributed by atoms with van der Waals surface area (Å²) in [5.74, 6) is 5.88. The van der Waals surface area contributed by atoms with Gasteiger partial charge in [0.25, 0.3) is 0 Å². The fourth-order valence-electron chi connectivity index (χ4n) is 2.46. The van der Waals surface area contributed by atoms with Gasteiger partial charge in [-0.3, -0.25) is 10.2 Å². The van der Waals surface area contributed by atoms with Crippen LogP contribution in [0.1, 0.15) is 43.2 Å². The number of hydrogen-bond donors (Lipinski definition) is 2. The van der Waals surface area contributed by atoms with E-state index in [1.54, 1.807) is 0 Å². The van der Waals surface area contributed by atoms with Crippen molar-refractivity contribution >= 4 is 5.91 Å². The average molecular weight is 262 g/mol. The number of hydrogen-bond acceptors (Lipinski definition) is 3. The molecule has 3 N–H and O–H groups in total. The smallest absolute Gasteiger partial charge is 0.233 e. The highest BCUT2D eigenvalue weighted by Crippen LogP contribution is 2.26. The number of nitrogens with two attached hydrogens (primary N) is 1. The van der Waals surface area contributed by atoms with Gasteiger partial charge < -0.3 is 4.74 Å². The van der Waals surface area contributed by atoms with Crippen molar-refractivity contribution in [2.75, 3.05) is 6.61 Å². The number of amides is 1. The average Bonchev–Trinajstić information content (AvgIpc) is 2.89. The van der Waals surface area contributed by atoms with Crippen LogP contribution in [-0.4, -0.2) is 12.5 Å². The van der Waals surface area contributed by atoms with E-state index >= 15 is 0 Å². The van der Waals surface area contributed by atoms with Gasteiger partial charge in [-0.05, 0) is 61.8 Å². The molecule has 1 aliphatic carbocycles. The fourth-order valence-corrected chi connectivity index (χ4v) is 2.46. The van der Waals surface area contributed by atoms with E-state index in [0.29, 0.717) is 13.0 Å². The Morgan fingerprint density at radius 2 is 2.05 bits per heavy atom. The van der Waals surface area contributed by atoms with Crippen LogP contribution < -0.4 is 16.0 Å². The van der Waals surface area contributed by atoms with Gasteiger partial charge in [-0.15, -0.1) is 0 Å². The van der Waals surface area contributed by atoms with Crippen LogP contribution in [0, 0.1) is 0 Å². The standard InChI is InChI=1S/C15H22N2O2/c16-17-15(18)7-2-1-3-10-19-14-9-8-12-5-4-6-13(12)11-14/h8-9,11H,1-7,10,16H2,(H,17,18). The first-order valence-electron chi connectivity index (χ1n) is 7.03. The summed E-state index contributed by atoms with van der Waals surface area (Å²) in [6.45, 7) is 0.711. The van der Waals surface area contributed by atoms with Gasteiger partial charge in [0.05, 0.1) is 6.61 Å². The van der Waals surface area contributed by atoms with Crippen LogP contribution in [-0.2, 0) is 17.6 Å². The quantitative estimate of drug-likeness (QED) is 0.342. The second-order valence-corrected chi connectivity index (χ2v) is 5.01. The Morgan fingerprint density at radius 1 is 1.21 bits per heavy atom. The molecule has 1 aliphatic rings. The van der Waals surface area contributed by atoms with Crippen LogP contribution in [0.25, 0.3) is 0 Å². The minimum atomic E-state index is -0.0976. The summed E-state index contributed by atoms with van der Waals surface area (Å²) in [6.07, 6.45) is 6.96. The number of unbranched alkanes of at least 4 members (excludes halogenated alkanes) is 2. The van der Waals surface area contributed by atoms with Crippen molar-refractivity contribution in [3.05, 3.63) is 29.3 Å². The Kier molecular flexibility index (Phi) is 5.21. The molecule has 0 aromatic heterocycles. The molecule has 0 bridgehead atoms. The second-order valence-electron chi connectivity index (χ2n) is 5.01. The van der Waals surface area contributed by atoms with Crippen molar-refractivity contribution in [3.63, 3.8) is 0 Å². The number of ether oxygens (including phenoxy) is 1. The molecule has 0 heterocycles. The first-order valence-corrected chi connectivity index (χ1v) is 7.03. The first-order chi connectivity index (χ1) is 9.29. The maximum atomic E-state index is 10.9. The Balaban J connectivity index is 1.62. The topological polar surface area (TPSA) is 64.3 Å². The Labute approximate surface area is 114 Å². The molecule has 0 saturated heterocycles. The lowest BCUT2D eigenvalue weighted by molar-refractivity contribution is -0.121. The molecule has 0 radical (unpaired) electrons. The summed E-state index contributed by atoms with van der Waals surface area (Å²) in [5.41, 5.74) is 5.05. The highest BCUT2D eigenvalue weighted by Gasteiger charge is 2.10. The Morgan fingerprint density at radius 3 is 2.89 bits per heavy atom.